The highest BCUT2D eigenvalue weighted by atomic mass is 16.5. The average molecular weight is 284 g/mol. The molecular weight excluding hydrogens is 264 g/mol. The first-order valence-electron chi connectivity index (χ1n) is 7.13. The first kappa shape index (κ1) is 15.0. The lowest BCUT2D eigenvalue weighted by atomic mass is 10.1. The molecule has 2 aromatic rings. The maximum Gasteiger partial charge on any atom is 0.189 e. The van der Waals surface area contributed by atoms with Gasteiger partial charge in [-0.15, -0.1) is 0 Å². The van der Waals surface area contributed by atoms with E-state index in [2.05, 4.69) is 5.10 Å². The lowest BCUT2D eigenvalue weighted by Crippen LogP contribution is -1.95. The molecule has 1 heterocycles. The molecule has 0 aliphatic heterocycles. The highest BCUT2D eigenvalue weighted by molar-refractivity contribution is 6.07. The van der Waals surface area contributed by atoms with E-state index in [1.165, 1.54) is 0 Å². The zero-order chi connectivity index (χ0) is 15.2. The zero-order valence-corrected chi connectivity index (χ0v) is 12.7. The summed E-state index contributed by atoms with van der Waals surface area (Å²) in [6.45, 7) is 7.21. The molecule has 2 rings (SSSR count). The molecule has 0 radical (unpaired) electrons. The quantitative estimate of drug-likeness (QED) is 0.602. The van der Waals surface area contributed by atoms with Crippen LogP contribution in [0.5, 0.6) is 5.75 Å². The summed E-state index contributed by atoms with van der Waals surface area (Å²) in [5.41, 5.74) is 2.38. The number of benzene rings is 1. The molecule has 0 saturated carbocycles. The van der Waals surface area contributed by atoms with Crippen molar-refractivity contribution in [2.45, 2.75) is 27.3 Å². The van der Waals surface area contributed by atoms with Crippen LogP contribution >= 0.6 is 0 Å². The number of hydrogen-bond acceptors (Lipinski definition) is 3. The maximum atomic E-state index is 12.2. The van der Waals surface area contributed by atoms with Crippen molar-refractivity contribution >= 4 is 11.9 Å². The summed E-state index contributed by atoms with van der Waals surface area (Å²) in [6.07, 6.45) is 5.18. The van der Waals surface area contributed by atoms with Crippen LogP contribution in [0, 0.1) is 6.92 Å². The topological polar surface area (TPSA) is 44.1 Å². The second kappa shape index (κ2) is 6.88. The monoisotopic (exact) mass is 284 g/mol. The van der Waals surface area contributed by atoms with Crippen molar-refractivity contribution in [2.24, 2.45) is 0 Å². The number of hydrogen-bond donors (Lipinski definition) is 0. The number of ketones is 1. The molecule has 1 aromatic heterocycles. The van der Waals surface area contributed by atoms with E-state index >= 15 is 0 Å². The van der Waals surface area contributed by atoms with E-state index in [9.17, 15) is 4.79 Å². The predicted molar refractivity (Wildman–Crippen MR) is 83.6 cm³/mol. The molecule has 21 heavy (non-hydrogen) atoms. The van der Waals surface area contributed by atoms with Crippen LogP contribution in [-0.4, -0.2) is 22.2 Å². The first-order chi connectivity index (χ1) is 10.1. The Morgan fingerprint density at radius 1 is 1.29 bits per heavy atom. The molecule has 0 aliphatic carbocycles. The number of allylic oxidation sites excluding steroid dienone is 1. The van der Waals surface area contributed by atoms with E-state index in [4.69, 9.17) is 4.74 Å². The predicted octanol–water partition coefficient (Wildman–Crippen LogP) is 3.51. The minimum Gasteiger partial charge on any atom is -0.494 e. The smallest absolute Gasteiger partial charge is 0.189 e. The van der Waals surface area contributed by atoms with Gasteiger partial charge in [-0.25, -0.2) is 0 Å². The van der Waals surface area contributed by atoms with Crippen LogP contribution < -0.4 is 4.74 Å². The molecule has 0 bridgehead atoms. The molecule has 4 nitrogen and oxygen atoms in total. The Labute approximate surface area is 125 Å². The Kier molecular flexibility index (Phi) is 4.93. The van der Waals surface area contributed by atoms with Gasteiger partial charge in [0.05, 0.1) is 17.9 Å². The minimum atomic E-state index is -0.0268. The Morgan fingerprint density at radius 2 is 2.00 bits per heavy atom. The maximum absolute atomic E-state index is 12.2. The van der Waals surface area contributed by atoms with Gasteiger partial charge in [-0.1, -0.05) is 18.2 Å². The Balaban J connectivity index is 2.09. The van der Waals surface area contributed by atoms with Gasteiger partial charge in [0.1, 0.15) is 5.75 Å². The molecule has 110 valence electrons. The molecule has 0 atom stereocenters. The molecule has 0 saturated heterocycles. The lowest BCUT2D eigenvalue weighted by Gasteiger charge is -2.02. The summed E-state index contributed by atoms with van der Waals surface area (Å²) in [7, 11) is 0. The third-order valence-electron chi connectivity index (χ3n) is 3.15. The van der Waals surface area contributed by atoms with Gasteiger partial charge in [-0.3, -0.25) is 9.48 Å². The molecule has 0 amide bonds. The highest BCUT2D eigenvalue weighted by Gasteiger charge is 2.09. The van der Waals surface area contributed by atoms with Crippen LogP contribution in [0.2, 0.25) is 0 Å². The first-order valence-corrected chi connectivity index (χ1v) is 7.13. The van der Waals surface area contributed by atoms with Crippen molar-refractivity contribution in [3.05, 3.63) is 53.4 Å². The molecule has 0 fully saturated rings. The number of aromatic nitrogens is 2. The van der Waals surface area contributed by atoms with E-state index in [0.29, 0.717) is 12.2 Å². The summed E-state index contributed by atoms with van der Waals surface area (Å²) < 4.78 is 7.16. The van der Waals surface area contributed by atoms with E-state index in [0.717, 1.165) is 23.6 Å². The molecule has 0 N–H and O–H groups in total. The second-order valence-corrected chi connectivity index (χ2v) is 4.68. The minimum absolute atomic E-state index is 0.0268. The summed E-state index contributed by atoms with van der Waals surface area (Å²) in [4.78, 5) is 12.2. The van der Waals surface area contributed by atoms with E-state index < -0.39 is 0 Å². The van der Waals surface area contributed by atoms with Gasteiger partial charge in [0.2, 0.25) is 0 Å². The summed E-state index contributed by atoms with van der Waals surface area (Å²) >= 11 is 0. The summed E-state index contributed by atoms with van der Waals surface area (Å²) in [5, 5.41) is 4.28. The van der Waals surface area contributed by atoms with Gasteiger partial charge in [-0.2, -0.15) is 5.10 Å². The van der Waals surface area contributed by atoms with Gasteiger partial charge in [0.25, 0.3) is 0 Å². The molecule has 0 unspecified atom stereocenters. The number of carbonyl (C=O) groups excluding carboxylic acids is 1. The number of carbonyl (C=O) groups is 1. The Bertz CT molecular complexity index is 639. The number of nitrogens with zero attached hydrogens (tertiary/aromatic N) is 2. The van der Waals surface area contributed by atoms with Crippen molar-refractivity contribution < 1.29 is 9.53 Å². The Hall–Kier alpha value is -2.36. The lowest BCUT2D eigenvalue weighted by molar-refractivity contribution is 0.104. The summed E-state index contributed by atoms with van der Waals surface area (Å²) in [6, 6.07) is 7.65. The Morgan fingerprint density at radius 3 is 2.57 bits per heavy atom. The van der Waals surface area contributed by atoms with Crippen molar-refractivity contribution in [1.82, 2.24) is 9.78 Å². The van der Waals surface area contributed by atoms with E-state index in [-0.39, 0.29) is 5.78 Å². The third-order valence-corrected chi connectivity index (χ3v) is 3.15. The second-order valence-electron chi connectivity index (χ2n) is 4.68. The van der Waals surface area contributed by atoms with Crippen molar-refractivity contribution in [3.63, 3.8) is 0 Å². The standard InChI is InChI=1S/C17H20N2O2/c1-4-19-12-16(13(3)18-19)17(20)11-8-14-6-9-15(10-7-14)21-5-2/h6-12H,4-5H2,1-3H3/b11-8+. The van der Waals surface area contributed by atoms with Crippen molar-refractivity contribution in [2.75, 3.05) is 6.61 Å². The van der Waals surface area contributed by atoms with Crippen LogP contribution in [0.3, 0.4) is 0 Å². The summed E-state index contributed by atoms with van der Waals surface area (Å²) in [5.74, 6) is 0.808. The molecule has 4 heteroatoms. The van der Waals surface area contributed by atoms with Crippen LogP contribution in [0.25, 0.3) is 6.08 Å². The molecule has 1 aromatic carbocycles. The fourth-order valence-electron chi connectivity index (χ4n) is 2.03. The van der Waals surface area contributed by atoms with Gasteiger partial charge < -0.3 is 4.74 Å². The molecule has 0 spiro atoms. The van der Waals surface area contributed by atoms with Gasteiger partial charge in [-0.05, 0) is 44.5 Å². The number of ether oxygens (including phenoxy) is 1. The van der Waals surface area contributed by atoms with Crippen molar-refractivity contribution in [3.8, 4) is 5.75 Å². The fraction of sp³-hybridized carbons (Fsp3) is 0.294. The van der Waals surface area contributed by atoms with Crippen LogP contribution in [0.4, 0.5) is 0 Å². The normalized spacial score (nSPS) is 11.0. The third kappa shape index (κ3) is 3.81. The van der Waals surface area contributed by atoms with Crippen LogP contribution in [0.15, 0.2) is 36.5 Å². The van der Waals surface area contributed by atoms with Crippen LogP contribution in [-0.2, 0) is 6.54 Å². The van der Waals surface area contributed by atoms with Crippen LogP contribution in [0.1, 0.15) is 35.5 Å². The average Bonchev–Trinajstić information content (AvgIpc) is 2.88. The van der Waals surface area contributed by atoms with Gasteiger partial charge >= 0.3 is 0 Å². The fourth-order valence-corrected chi connectivity index (χ4v) is 2.03. The van der Waals surface area contributed by atoms with E-state index in [1.807, 2.05) is 45.0 Å². The number of rotatable bonds is 6. The SMILES string of the molecule is CCOc1ccc(/C=C/C(=O)c2cn(CC)nc2C)cc1. The molecular formula is C17H20N2O2. The number of aryl methyl sites for hydroxylation is 2. The molecule has 0 aliphatic rings. The zero-order valence-electron chi connectivity index (χ0n) is 12.7. The van der Waals surface area contributed by atoms with Gasteiger partial charge in [0, 0.05) is 12.7 Å². The van der Waals surface area contributed by atoms with Gasteiger partial charge in [0.15, 0.2) is 5.78 Å². The highest BCUT2D eigenvalue weighted by Crippen LogP contribution is 2.14. The van der Waals surface area contributed by atoms with E-state index in [1.54, 1.807) is 23.0 Å². The largest absolute Gasteiger partial charge is 0.494 e. The van der Waals surface area contributed by atoms with Crippen molar-refractivity contribution in [1.29, 1.82) is 0 Å².